The van der Waals surface area contributed by atoms with Gasteiger partial charge in [0.1, 0.15) is 12.2 Å². The summed E-state index contributed by atoms with van der Waals surface area (Å²) in [7, 11) is -4.52. The number of phosphoric acid groups is 1. The molecule has 0 aromatic heterocycles. The average Bonchev–Trinajstić information content (AvgIpc) is 3.26. The predicted octanol–water partition coefficient (Wildman–Crippen LogP) is 14.9. The van der Waals surface area contributed by atoms with Crippen LogP contribution in [0.3, 0.4) is 0 Å². The quantitative estimate of drug-likeness (QED) is 0.0236. The summed E-state index contributed by atoms with van der Waals surface area (Å²) in [6, 6.07) is 0. The Balaban J connectivity index is 4.04. The number of ether oxygens (including phenoxy) is 2. The van der Waals surface area contributed by atoms with Gasteiger partial charge in [0.05, 0.1) is 26.4 Å². The zero-order valence-corrected chi connectivity index (χ0v) is 41.0. The Bertz CT molecular complexity index is 1110. The minimum absolute atomic E-state index is 0.0491. The van der Waals surface area contributed by atoms with E-state index in [1.165, 1.54) is 148 Å². The molecule has 9 nitrogen and oxygen atoms in total. The van der Waals surface area contributed by atoms with Crippen molar-refractivity contribution in [2.24, 2.45) is 0 Å². The third-order valence-corrected chi connectivity index (χ3v) is 12.0. The summed E-state index contributed by atoms with van der Waals surface area (Å²) in [6.45, 7) is 3.44. The lowest BCUT2D eigenvalue weighted by atomic mass is 10.0. The number of carbonyl (C=O) groups is 1. The van der Waals surface area contributed by atoms with Crippen LogP contribution in [0.4, 0.5) is 0 Å². The van der Waals surface area contributed by atoms with Gasteiger partial charge in [0, 0.05) is 13.0 Å². The van der Waals surface area contributed by atoms with Gasteiger partial charge in [0.15, 0.2) is 0 Å². The number of phosphoric ester groups is 1. The number of aliphatic hydroxyl groups excluding tert-OH is 2. The summed E-state index contributed by atoms with van der Waals surface area (Å²) in [6.07, 6.45) is 56.5. The molecule has 3 N–H and O–H groups in total. The highest BCUT2D eigenvalue weighted by Crippen LogP contribution is 2.43. The van der Waals surface area contributed by atoms with Crippen molar-refractivity contribution in [1.29, 1.82) is 0 Å². The first-order valence-electron chi connectivity index (χ1n) is 25.6. The van der Waals surface area contributed by atoms with Crippen molar-refractivity contribution in [1.82, 2.24) is 0 Å². The number of aliphatic hydroxyl groups is 2. The first kappa shape index (κ1) is 60.4. The van der Waals surface area contributed by atoms with Crippen molar-refractivity contribution in [2.45, 2.75) is 244 Å². The minimum atomic E-state index is -4.52. The van der Waals surface area contributed by atoms with E-state index in [1.807, 2.05) is 0 Å². The van der Waals surface area contributed by atoms with Crippen LogP contribution in [0.15, 0.2) is 48.6 Å². The van der Waals surface area contributed by atoms with Crippen LogP contribution >= 0.6 is 7.82 Å². The molecule has 10 heteroatoms. The van der Waals surface area contributed by atoms with Gasteiger partial charge in [-0.2, -0.15) is 0 Å². The molecule has 3 atom stereocenters. The number of unbranched alkanes of at least 4 members (excludes halogenated alkanes) is 27. The van der Waals surface area contributed by atoms with E-state index in [1.54, 1.807) is 0 Å². The van der Waals surface area contributed by atoms with Crippen LogP contribution in [-0.4, -0.2) is 66.3 Å². The molecule has 364 valence electrons. The normalized spacial score (nSPS) is 14.2. The molecule has 0 heterocycles. The van der Waals surface area contributed by atoms with Gasteiger partial charge in [-0.15, -0.1) is 0 Å². The molecular formula is C52H97O9P. The first-order valence-corrected chi connectivity index (χ1v) is 27.1. The Kier molecular flexibility index (Phi) is 47.6. The average molecular weight is 897 g/mol. The second-order valence-corrected chi connectivity index (χ2v) is 18.6. The van der Waals surface area contributed by atoms with Crippen molar-refractivity contribution in [3.8, 4) is 0 Å². The van der Waals surface area contributed by atoms with E-state index in [2.05, 4.69) is 62.5 Å². The number of rotatable bonds is 49. The Morgan fingerprint density at radius 2 is 0.919 bits per heavy atom. The summed E-state index contributed by atoms with van der Waals surface area (Å²) < 4.78 is 33.5. The number of carbonyl (C=O) groups excluding carboxylic acids is 1. The number of hydrogen-bond donors (Lipinski definition) is 3. The molecule has 0 saturated heterocycles. The fraction of sp³-hybridized carbons (Fsp3) is 0.827. The molecule has 0 spiro atoms. The van der Waals surface area contributed by atoms with Gasteiger partial charge >= 0.3 is 13.8 Å². The molecule has 3 unspecified atom stereocenters. The number of hydrogen-bond acceptors (Lipinski definition) is 8. The molecule has 0 fully saturated rings. The van der Waals surface area contributed by atoms with Gasteiger partial charge in [-0.05, 0) is 51.4 Å². The molecule has 0 aliphatic heterocycles. The molecule has 0 saturated carbocycles. The van der Waals surface area contributed by atoms with E-state index in [-0.39, 0.29) is 25.6 Å². The van der Waals surface area contributed by atoms with Crippen molar-refractivity contribution in [3.05, 3.63) is 48.6 Å². The highest BCUT2D eigenvalue weighted by atomic mass is 31.2. The van der Waals surface area contributed by atoms with E-state index in [4.69, 9.17) is 23.6 Å². The van der Waals surface area contributed by atoms with Gasteiger partial charge in [-0.1, -0.05) is 223 Å². The summed E-state index contributed by atoms with van der Waals surface area (Å²) in [5.41, 5.74) is 0. The monoisotopic (exact) mass is 897 g/mol. The van der Waals surface area contributed by atoms with Gasteiger partial charge in [0.25, 0.3) is 0 Å². The zero-order chi connectivity index (χ0) is 45.3. The van der Waals surface area contributed by atoms with Crippen LogP contribution in [0.25, 0.3) is 0 Å². The Morgan fingerprint density at radius 1 is 0.516 bits per heavy atom. The minimum Gasteiger partial charge on any atom is -0.457 e. The second kappa shape index (κ2) is 48.9. The van der Waals surface area contributed by atoms with Crippen molar-refractivity contribution < 1.29 is 43.0 Å². The third kappa shape index (κ3) is 47.9. The van der Waals surface area contributed by atoms with Crippen LogP contribution in [0.5, 0.6) is 0 Å². The fourth-order valence-corrected chi connectivity index (χ4v) is 7.96. The lowest BCUT2D eigenvalue weighted by Gasteiger charge is -2.20. The van der Waals surface area contributed by atoms with E-state index in [0.29, 0.717) is 6.61 Å². The number of esters is 1. The van der Waals surface area contributed by atoms with Crippen LogP contribution in [0, 0.1) is 0 Å². The summed E-state index contributed by atoms with van der Waals surface area (Å²) in [5.74, 6) is -0.380. The van der Waals surface area contributed by atoms with Gasteiger partial charge in [0.2, 0.25) is 0 Å². The first-order chi connectivity index (χ1) is 30.3. The molecule has 0 aliphatic carbocycles. The van der Waals surface area contributed by atoms with Gasteiger partial charge < -0.3 is 24.6 Å². The van der Waals surface area contributed by atoms with Crippen LogP contribution in [0.2, 0.25) is 0 Å². The Labute approximate surface area is 381 Å². The van der Waals surface area contributed by atoms with Gasteiger partial charge in [-0.3, -0.25) is 13.8 Å². The molecule has 0 aliphatic rings. The summed E-state index contributed by atoms with van der Waals surface area (Å²) in [5, 5.41) is 18.4. The summed E-state index contributed by atoms with van der Waals surface area (Å²) in [4.78, 5) is 22.7. The third-order valence-electron chi connectivity index (χ3n) is 11.0. The molecule has 0 bridgehead atoms. The van der Waals surface area contributed by atoms with Crippen molar-refractivity contribution in [3.63, 3.8) is 0 Å². The maximum Gasteiger partial charge on any atom is 0.472 e. The van der Waals surface area contributed by atoms with E-state index in [9.17, 15) is 19.4 Å². The molecule has 0 rings (SSSR count). The molecule has 0 amide bonds. The van der Waals surface area contributed by atoms with Crippen molar-refractivity contribution in [2.75, 3.05) is 33.0 Å². The van der Waals surface area contributed by atoms with Crippen LogP contribution in [0.1, 0.15) is 232 Å². The predicted molar refractivity (Wildman–Crippen MR) is 260 cm³/mol. The maximum absolute atomic E-state index is 12.7. The molecule has 62 heavy (non-hydrogen) atoms. The molecule has 0 radical (unpaired) electrons. The number of allylic oxidation sites excluding steroid dienone is 8. The SMILES string of the molecule is CC/C=C\C/C=C\C/C=C\C/C=C\CCCCCCCCCCCCCOCC(COP(=O)(O)OCC(O)CO)OC(=O)CCCCCCCCCCCCCCCCCCC. The van der Waals surface area contributed by atoms with E-state index >= 15 is 0 Å². The van der Waals surface area contributed by atoms with Crippen molar-refractivity contribution >= 4 is 13.8 Å². The topological polar surface area (TPSA) is 132 Å². The fourth-order valence-electron chi connectivity index (χ4n) is 7.17. The highest BCUT2D eigenvalue weighted by Gasteiger charge is 2.26. The summed E-state index contributed by atoms with van der Waals surface area (Å²) >= 11 is 0. The lowest BCUT2D eigenvalue weighted by Crippen LogP contribution is -2.29. The smallest absolute Gasteiger partial charge is 0.457 e. The Morgan fingerprint density at radius 3 is 1.39 bits per heavy atom. The van der Waals surface area contributed by atoms with E-state index in [0.717, 1.165) is 64.2 Å². The van der Waals surface area contributed by atoms with Crippen LogP contribution < -0.4 is 0 Å². The zero-order valence-electron chi connectivity index (χ0n) is 40.1. The van der Waals surface area contributed by atoms with Crippen LogP contribution in [-0.2, 0) is 27.9 Å². The Hall–Kier alpha value is -1.58. The molecule has 0 aromatic carbocycles. The standard InChI is InChI=1S/C52H97O9P/c1-3-5-7-9-11-13-15-17-19-21-22-23-24-25-26-27-29-31-33-35-37-39-41-43-45-58-48-51(49-60-62(56,57)59-47-50(54)46-53)61-52(55)44-42-40-38-36-34-32-30-28-20-18-16-14-12-10-8-6-4-2/h5,7,11,13,17,19,22-23,50-51,53-54H,3-4,6,8-10,12,14-16,18,20-21,24-49H2,1-2H3,(H,56,57)/b7-5-,13-11-,19-17-,23-22-. The molecular weight excluding hydrogens is 800 g/mol. The maximum atomic E-state index is 12.7. The second-order valence-electron chi connectivity index (χ2n) is 17.2. The van der Waals surface area contributed by atoms with Gasteiger partial charge in [-0.25, -0.2) is 4.57 Å². The largest absolute Gasteiger partial charge is 0.472 e. The lowest BCUT2D eigenvalue weighted by molar-refractivity contribution is -0.154. The molecule has 0 aromatic rings. The van der Waals surface area contributed by atoms with E-state index < -0.39 is 33.2 Å². The highest BCUT2D eigenvalue weighted by molar-refractivity contribution is 7.47.